The van der Waals surface area contributed by atoms with E-state index in [0.717, 1.165) is 32.4 Å². The van der Waals surface area contributed by atoms with Crippen molar-refractivity contribution in [2.75, 3.05) is 19.6 Å². The maximum atomic E-state index is 12.7. The molecule has 4 heteroatoms. The van der Waals surface area contributed by atoms with Gasteiger partial charge in [0.1, 0.15) is 11.5 Å². The smallest absolute Gasteiger partial charge is 0.314 e. The number of hydrogen-bond donors (Lipinski definition) is 1. The van der Waals surface area contributed by atoms with E-state index >= 15 is 0 Å². The third-order valence-electron chi connectivity index (χ3n) is 7.20. The highest BCUT2D eigenvalue weighted by molar-refractivity contribution is 5.78. The van der Waals surface area contributed by atoms with Gasteiger partial charge in [0.05, 0.1) is 0 Å². The first kappa shape index (κ1) is 16.6. The zero-order chi connectivity index (χ0) is 16.9. The van der Waals surface area contributed by atoms with Crippen molar-refractivity contribution in [2.45, 2.75) is 76.9 Å². The van der Waals surface area contributed by atoms with E-state index in [-0.39, 0.29) is 17.3 Å². The van der Waals surface area contributed by atoms with Crippen LogP contribution in [0.15, 0.2) is 11.1 Å². The minimum absolute atomic E-state index is 0.111. The molecule has 4 rings (SSSR count). The Bertz CT molecular complexity index is 565. The number of fused-ring (bicyclic) bond motifs is 3. The Hall–Kier alpha value is -0.870. The second kappa shape index (κ2) is 5.84. The summed E-state index contributed by atoms with van der Waals surface area (Å²) < 4.78 is 5.85. The Kier molecular flexibility index (Phi) is 4.04. The van der Waals surface area contributed by atoms with E-state index in [1.54, 1.807) is 0 Å². The van der Waals surface area contributed by atoms with Crippen LogP contribution in [-0.2, 0) is 9.53 Å². The molecule has 2 heterocycles. The molecule has 2 saturated heterocycles. The summed E-state index contributed by atoms with van der Waals surface area (Å²) in [4.78, 5) is 15.0. The van der Waals surface area contributed by atoms with Gasteiger partial charge in [-0.1, -0.05) is 18.9 Å². The Labute approximate surface area is 145 Å². The molecular weight excluding hydrogens is 302 g/mol. The molecule has 0 aromatic carbocycles. The molecule has 0 amide bonds. The predicted octanol–water partition coefficient (Wildman–Crippen LogP) is 3.05. The van der Waals surface area contributed by atoms with Gasteiger partial charge in [-0.25, -0.2) is 0 Å². The van der Waals surface area contributed by atoms with Crippen molar-refractivity contribution in [3.05, 3.63) is 11.1 Å². The number of nitrogens with zero attached hydrogens (tertiary/aromatic N) is 1. The fourth-order valence-electron chi connectivity index (χ4n) is 5.74. The highest BCUT2D eigenvalue weighted by atomic mass is 16.6. The molecule has 0 bridgehead atoms. The summed E-state index contributed by atoms with van der Waals surface area (Å²) in [5, 5.41) is 11.5. The Balaban J connectivity index is 1.63. The van der Waals surface area contributed by atoms with Gasteiger partial charge >= 0.3 is 5.97 Å². The summed E-state index contributed by atoms with van der Waals surface area (Å²) in [5.74, 6) is -0.560. The Morgan fingerprint density at radius 2 is 1.92 bits per heavy atom. The molecule has 0 aromatic rings. The first-order valence-electron chi connectivity index (χ1n) is 9.79. The molecule has 4 aliphatic rings. The highest BCUT2D eigenvalue weighted by Crippen LogP contribution is 2.57. The van der Waals surface area contributed by atoms with E-state index < -0.39 is 11.7 Å². The number of ether oxygens (including phenoxy) is 1. The number of allylic oxidation sites excluding steroid dienone is 1. The van der Waals surface area contributed by atoms with Gasteiger partial charge in [-0.05, 0) is 75.9 Å². The summed E-state index contributed by atoms with van der Waals surface area (Å²) in [5.41, 5.74) is 1.71. The van der Waals surface area contributed by atoms with E-state index in [1.807, 2.05) is 0 Å². The topological polar surface area (TPSA) is 49.8 Å². The first-order chi connectivity index (χ1) is 11.4. The summed E-state index contributed by atoms with van der Waals surface area (Å²) in [7, 11) is 0. The zero-order valence-corrected chi connectivity index (χ0v) is 15.1. The van der Waals surface area contributed by atoms with Crippen LogP contribution in [0.1, 0.15) is 65.2 Å². The number of carbonyl (C=O) groups is 1. The largest absolute Gasteiger partial charge is 0.454 e. The van der Waals surface area contributed by atoms with Crippen LogP contribution in [0, 0.1) is 11.3 Å². The van der Waals surface area contributed by atoms with Gasteiger partial charge < -0.3 is 14.7 Å². The third kappa shape index (κ3) is 2.45. The summed E-state index contributed by atoms with van der Waals surface area (Å²) in [6, 6.07) is 0. The molecule has 134 valence electrons. The predicted molar refractivity (Wildman–Crippen MR) is 92.5 cm³/mol. The lowest BCUT2D eigenvalue weighted by atomic mass is 9.58. The van der Waals surface area contributed by atoms with Crippen molar-refractivity contribution in [2.24, 2.45) is 11.3 Å². The van der Waals surface area contributed by atoms with Crippen molar-refractivity contribution in [1.82, 2.24) is 4.90 Å². The standard InChI is InChI=1S/C20H31NO3/c1-14-7-6-8-19(2)9-10-20(23)15(13-21-11-4-3-5-12-21)18(22)24-17(20)16(14)19/h15,17,23H,3-13H2,1-2H3/t15?,17-,19+,20?/m0/s1. The minimum Gasteiger partial charge on any atom is -0.454 e. The lowest BCUT2D eigenvalue weighted by Gasteiger charge is -2.49. The van der Waals surface area contributed by atoms with E-state index in [4.69, 9.17) is 4.74 Å². The van der Waals surface area contributed by atoms with Crippen molar-refractivity contribution < 1.29 is 14.6 Å². The van der Waals surface area contributed by atoms with Crippen LogP contribution in [0.25, 0.3) is 0 Å². The molecule has 0 aromatic heterocycles. The molecule has 0 spiro atoms. The quantitative estimate of drug-likeness (QED) is 0.623. The van der Waals surface area contributed by atoms with Crippen LogP contribution in [0.2, 0.25) is 0 Å². The van der Waals surface area contributed by atoms with E-state index in [2.05, 4.69) is 18.7 Å². The van der Waals surface area contributed by atoms with Crippen LogP contribution < -0.4 is 0 Å². The third-order valence-corrected chi connectivity index (χ3v) is 7.20. The lowest BCUT2D eigenvalue weighted by molar-refractivity contribution is -0.144. The fourth-order valence-corrected chi connectivity index (χ4v) is 5.74. The van der Waals surface area contributed by atoms with Gasteiger partial charge in [0, 0.05) is 6.54 Å². The molecule has 1 saturated carbocycles. The number of hydrogen-bond acceptors (Lipinski definition) is 4. The molecule has 3 fully saturated rings. The zero-order valence-electron chi connectivity index (χ0n) is 15.1. The van der Waals surface area contributed by atoms with Crippen LogP contribution in [0.3, 0.4) is 0 Å². The molecule has 2 aliphatic carbocycles. The van der Waals surface area contributed by atoms with Crippen LogP contribution in [0.5, 0.6) is 0 Å². The number of esters is 1. The highest BCUT2D eigenvalue weighted by Gasteiger charge is 2.63. The van der Waals surface area contributed by atoms with E-state index in [1.165, 1.54) is 36.8 Å². The molecular formula is C20H31NO3. The second-order valence-electron chi connectivity index (χ2n) is 8.83. The number of likely N-dealkylation sites (tertiary alicyclic amines) is 1. The van der Waals surface area contributed by atoms with Crippen LogP contribution >= 0.6 is 0 Å². The number of aliphatic hydroxyl groups is 1. The van der Waals surface area contributed by atoms with Crippen molar-refractivity contribution in [3.63, 3.8) is 0 Å². The van der Waals surface area contributed by atoms with Crippen LogP contribution in [0.4, 0.5) is 0 Å². The Morgan fingerprint density at radius 1 is 1.17 bits per heavy atom. The Morgan fingerprint density at radius 3 is 2.67 bits per heavy atom. The normalized spacial score (nSPS) is 43.4. The van der Waals surface area contributed by atoms with Gasteiger partial charge in [0.25, 0.3) is 0 Å². The molecule has 1 N–H and O–H groups in total. The number of piperidine rings is 1. The van der Waals surface area contributed by atoms with Gasteiger partial charge in [-0.3, -0.25) is 4.79 Å². The van der Waals surface area contributed by atoms with Gasteiger partial charge in [-0.15, -0.1) is 0 Å². The monoisotopic (exact) mass is 333 g/mol. The average Bonchev–Trinajstić information content (AvgIpc) is 2.80. The number of rotatable bonds is 2. The fraction of sp³-hybridized carbons (Fsp3) is 0.850. The first-order valence-corrected chi connectivity index (χ1v) is 9.79. The van der Waals surface area contributed by atoms with Crippen molar-refractivity contribution >= 4 is 5.97 Å². The van der Waals surface area contributed by atoms with Gasteiger partial charge in [0.2, 0.25) is 0 Å². The summed E-state index contributed by atoms with van der Waals surface area (Å²) >= 11 is 0. The molecule has 2 unspecified atom stereocenters. The maximum Gasteiger partial charge on any atom is 0.314 e. The molecule has 4 nitrogen and oxygen atoms in total. The lowest BCUT2D eigenvalue weighted by Crippen LogP contribution is -2.55. The van der Waals surface area contributed by atoms with E-state index in [0.29, 0.717) is 13.0 Å². The van der Waals surface area contributed by atoms with Gasteiger partial charge in [-0.2, -0.15) is 0 Å². The summed E-state index contributed by atoms with van der Waals surface area (Å²) in [6.07, 6.45) is 8.38. The van der Waals surface area contributed by atoms with Crippen molar-refractivity contribution in [3.8, 4) is 0 Å². The van der Waals surface area contributed by atoms with Gasteiger partial charge in [0.15, 0.2) is 6.10 Å². The average molecular weight is 333 g/mol. The van der Waals surface area contributed by atoms with Crippen LogP contribution in [-0.4, -0.2) is 47.3 Å². The van der Waals surface area contributed by atoms with Crippen molar-refractivity contribution in [1.29, 1.82) is 0 Å². The minimum atomic E-state index is -0.998. The number of carbonyl (C=O) groups excluding carboxylic acids is 1. The molecule has 4 atom stereocenters. The summed E-state index contributed by atoms with van der Waals surface area (Å²) in [6.45, 7) is 7.23. The maximum absolute atomic E-state index is 12.7. The molecule has 24 heavy (non-hydrogen) atoms. The molecule has 0 radical (unpaired) electrons. The van der Waals surface area contributed by atoms with E-state index in [9.17, 15) is 9.90 Å². The molecule has 2 aliphatic heterocycles. The SMILES string of the molecule is CC1=C2[C@@H]3OC(=O)C(CN4CCCCC4)C3(O)CC[C@@]2(C)CCC1. The second-order valence-corrected chi connectivity index (χ2v) is 8.83.